The van der Waals surface area contributed by atoms with E-state index in [9.17, 15) is 9.18 Å². The molecule has 2 heterocycles. The van der Waals surface area contributed by atoms with E-state index in [0.717, 1.165) is 0 Å². The number of fused-ring (bicyclic) bond motifs is 1. The number of nitrogens with one attached hydrogen (secondary N) is 1. The molecule has 0 spiro atoms. The number of hydrogen-bond acceptors (Lipinski definition) is 6. The molecule has 3 aromatic rings. The SMILES string of the molecule is C[C@@H](NC(=O)c1ccccc1F)c1nc(-c2ccc3c(c2)OCO3)no1. The van der Waals surface area contributed by atoms with Crippen LogP contribution in [-0.4, -0.2) is 22.8 Å². The third-order valence-corrected chi connectivity index (χ3v) is 3.91. The van der Waals surface area contributed by atoms with Crippen molar-refractivity contribution in [3.8, 4) is 22.9 Å². The Labute approximate surface area is 147 Å². The molecule has 0 saturated carbocycles. The molecule has 1 N–H and O–H groups in total. The van der Waals surface area contributed by atoms with Gasteiger partial charge in [0.15, 0.2) is 11.5 Å². The highest BCUT2D eigenvalue weighted by atomic mass is 19.1. The average Bonchev–Trinajstić information content (AvgIpc) is 3.30. The minimum atomic E-state index is -0.594. The summed E-state index contributed by atoms with van der Waals surface area (Å²) in [7, 11) is 0. The van der Waals surface area contributed by atoms with E-state index in [4.69, 9.17) is 14.0 Å². The first-order valence-corrected chi connectivity index (χ1v) is 7.91. The molecule has 1 aliphatic rings. The van der Waals surface area contributed by atoms with Crippen LogP contribution >= 0.6 is 0 Å². The van der Waals surface area contributed by atoms with Crippen molar-refractivity contribution < 1.29 is 23.2 Å². The summed E-state index contributed by atoms with van der Waals surface area (Å²) in [6.45, 7) is 1.85. The van der Waals surface area contributed by atoms with Gasteiger partial charge in [0.1, 0.15) is 11.9 Å². The molecule has 1 atom stereocenters. The lowest BCUT2D eigenvalue weighted by Crippen LogP contribution is -2.27. The Balaban J connectivity index is 1.51. The van der Waals surface area contributed by atoms with Gasteiger partial charge in [0.05, 0.1) is 5.56 Å². The molecule has 1 aromatic heterocycles. The highest BCUT2D eigenvalue weighted by Gasteiger charge is 2.21. The first kappa shape index (κ1) is 16.1. The molecule has 0 aliphatic carbocycles. The zero-order valence-corrected chi connectivity index (χ0v) is 13.7. The first-order chi connectivity index (χ1) is 12.6. The predicted octanol–water partition coefficient (Wildman–Crippen LogP) is 3.10. The van der Waals surface area contributed by atoms with Gasteiger partial charge in [0.25, 0.3) is 5.91 Å². The van der Waals surface area contributed by atoms with E-state index in [1.165, 1.54) is 18.2 Å². The molecule has 2 aromatic carbocycles. The summed E-state index contributed by atoms with van der Waals surface area (Å²) in [5, 5.41) is 6.56. The zero-order chi connectivity index (χ0) is 18.1. The number of benzene rings is 2. The van der Waals surface area contributed by atoms with Crippen molar-refractivity contribution in [1.82, 2.24) is 15.5 Å². The van der Waals surface area contributed by atoms with E-state index in [0.29, 0.717) is 22.9 Å². The van der Waals surface area contributed by atoms with Crippen LogP contribution in [0.15, 0.2) is 47.0 Å². The van der Waals surface area contributed by atoms with Gasteiger partial charge in [-0.1, -0.05) is 17.3 Å². The van der Waals surface area contributed by atoms with Gasteiger partial charge in [-0.15, -0.1) is 0 Å². The molecule has 0 bridgehead atoms. The fourth-order valence-electron chi connectivity index (χ4n) is 2.55. The van der Waals surface area contributed by atoms with Gasteiger partial charge in [0.2, 0.25) is 18.5 Å². The van der Waals surface area contributed by atoms with E-state index in [2.05, 4.69) is 15.5 Å². The van der Waals surface area contributed by atoms with Gasteiger partial charge in [-0.25, -0.2) is 4.39 Å². The smallest absolute Gasteiger partial charge is 0.254 e. The quantitative estimate of drug-likeness (QED) is 0.774. The largest absolute Gasteiger partial charge is 0.454 e. The number of nitrogens with zero attached hydrogens (tertiary/aromatic N) is 2. The van der Waals surface area contributed by atoms with Crippen molar-refractivity contribution in [2.75, 3.05) is 6.79 Å². The fraction of sp³-hybridized carbons (Fsp3) is 0.167. The van der Waals surface area contributed by atoms with Gasteiger partial charge in [0, 0.05) is 5.56 Å². The molecular formula is C18H14FN3O4. The third-order valence-electron chi connectivity index (χ3n) is 3.91. The van der Waals surface area contributed by atoms with Crippen molar-refractivity contribution >= 4 is 5.91 Å². The van der Waals surface area contributed by atoms with Crippen molar-refractivity contribution in [2.24, 2.45) is 0 Å². The lowest BCUT2D eigenvalue weighted by molar-refractivity contribution is 0.0928. The van der Waals surface area contributed by atoms with Crippen molar-refractivity contribution in [3.63, 3.8) is 0 Å². The lowest BCUT2D eigenvalue weighted by atomic mass is 10.2. The van der Waals surface area contributed by atoms with E-state index < -0.39 is 17.8 Å². The second-order valence-corrected chi connectivity index (χ2v) is 5.70. The second kappa shape index (κ2) is 6.47. The van der Waals surface area contributed by atoms with Gasteiger partial charge >= 0.3 is 0 Å². The van der Waals surface area contributed by atoms with Crippen LogP contribution in [0.1, 0.15) is 29.2 Å². The molecule has 7 nitrogen and oxygen atoms in total. The van der Waals surface area contributed by atoms with E-state index in [-0.39, 0.29) is 18.2 Å². The van der Waals surface area contributed by atoms with Crippen molar-refractivity contribution in [2.45, 2.75) is 13.0 Å². The summed E-state index contributed by atoms with van der Waals surface area (Å²) >= 11 is 0. The molecule has 1 amide bonds. The molecule has 4 rings (SSSR count). The summed E-state index contributed by atoms with van der Waals surface area (Å²) < 4.78 is 29.5. The summed E-state index contributed by atoms with van der Waals surface area (Å²) in [6.07, 6.45) is 0. The molecule has 26 heavy (non-hydrogen) atoms. The Morgan fingerprint density at radius 1 is 1.19 bits per heavy atom. The minimum absolute atomic E-state index is 0.0464. The molecule has 1 aliphatic heterocycles. The fourth-order valence-corrected chi connectivity index (χ4v) is 2.55. The number of ether oxygens (including phenoxy) is 2. The Morgan fingerprint density at radius 2 is 2.00 bits per heavy atom. The van der Waals surface area contributed by atoms with Gasteiger partial charge in [-0.2, -0.15) is 4.98 Å². The summed E-state index contributed by atoms with van der Waals surface area (Å²) in [5.74, 6) is 0.674. The molecular weight excluding hydrogens is 341 g/mol. The maximum absolute atomic E-state index is 13.7. The summed E-state index contributed by atoms with van der Waals surface area (Å²) in [4.78, 5) is 16.5. The van der Waals surface area contributed by atoms with Crippen LogP contribution in [0.25, 0.3) is 11.4 Å². The third kappa shape index (κ3) is 2.97. The molecule has 132 valence electrons. The number of carbonyl (C=O) groups excluding carboxylic acids is 1. The topological polar surface area (TPSA) is 86.5 Å². The van der Waals surface area contributed by atoms with Crippen LogP contribution in [0, 0.1) is 5.82 Å². The number of halogens is 1. The van der Waals surface area contributed by atoms with E-state index >= 15 is 0 Å². The normalized spacial score (nSPS) is 13.5. The monoisotopic (exact) mass is 355 g/mol. The van der Waals surface area contributed by atoms with E-state index in [1.54, 1.807) is 31.2 Å². The molecule has 8 heteroatoms. The van der Waals surface area contributed by atoms with Gasteiger partial charge in [-0.05, 0) is 37.3 Å². The average molecular weight is 355 g/mol. The standard InChI is InChI=1S/C18H14FN3O4/c1-10(20-17(23)12-4-2-3-5-13(12)19)18-21-16(22-26-18)11-6-7-14-15(8-11)25-9-24-14/h2-8,10H,9H2,1H3,(H,20,23)/t10-/m1/s1. The van der Waals surface area contributed by atoms with Crippen LogP contribution in [0.4, 0.5) is 4.39 Å². The number of amides is 1. The molecule has 0 fully saturated rings. The Bertz CT molecular complexity index is 973. The predicted molar refractivity (Wildman–Crippen MR) is 88.1 cm³/mol. The number of aromatic nitrogens is 2. The highest BCUT2D eigenvalue weighted by Crippen LogP contribution is 2.35. The Hall–Kier alpha value is -3.42. The maximum Gasteiger partial charge on any atom is 0.254 e. The highest BCUT2D eigenvalue weighted by molar-refractivity contribution is 5.94. The van der Waals surface area contributed by atoms with Gasteiger partial charge < -0.3 is 19.3 Å². The summed E-state index contributed by atoms with van der Waals surface area (Å²) in [5.41, 5.74) is 0.645. The number of rotatable bonds is 4. The van der Waals surface area contributed by atoms with Crippen LogP contribution < -0.4 is 14.8 Å². The Kier molecular flexibility index (Phi) is 4.00. The van der Waals surface area contributed by atoms with Crippen molar-refractivity contribution in [3.05, 3.63) is 59.7 Å². The van der Waals surface area contributed by atoms with Crippen molar-refractivity contribution in [1.29, 1.82) is 0 Å². The number of hydrogen-bond donors (Lipinski definition) is 1. The first-order valence-electron chi connectivity index (χ1n) is 7.91. The van der Waals surface area contributed by atoms with Gasteiger partial charge in [-0.3, -0.25) is 4.79 Å². The molecule has 0 saturated heterocycles. The second-order valence-electron chi connectivity index (χ2n) is 5.70. The number of carbonyl (C=O) groups is 1. The van der Waals surface area contributed by atoms with Crippen LogP contribution in [0.5, 0.6) is 11.5 Å². The lowest BCUT2D eigenvalue weighted by Gasteiger charge is -2.10. The Morgan fingerprint density at radius 3 is 2.85 bits per heavy atom. The minimum Gasteiger partial charge on any atom is -0.454 e. The van der Waals surface area contributed by atoms with Crippen LogP contribution in [0.2, 0.25) is 0 Å². The molecule has 0 radical (unpaired) electrons. The summed E-state index contributed by atoms with van der Waals surface area (Å²) in [6, 6.07) is 10.4. The van der Waals surface area contributed by atoms with Crippen LogP contribution in [0.3, 0.4) is 0 Å². The van der Waals surface area contributed by atoms with Crippen LogP contribution in [-0.2, 0) is 0 Å². The zero-order valence-electron chi connectivity index (χ0n) is 13.7. The maximum atomic E-state index is 13.7. The van der Waals surface area contributed by atoms with E-state index in [1.807, 2.05) is 0 Å². The molecule has 0 unspecified atom stereocenters.